The van der Waals surface area contributed by atoms with Crippen molar-refractivity contribution < 1.29 is 9.47 Å². The molecule has 1 unspecified atom stereocenters. The predicted octanol–water partition coefficient (Wildman–Crippen LogP) is 3.98. The van der Waals surface area contributed by atoms with Crippen LogP contribution in [0.2, 0.25) is 0 Å². The number of allylic oxidation sites excluding steroid dienone is 1. The molecule has 0 bridgehead atoms. The van der Waals surface area contributed by atoms with Crippen LogP contribution in [0.5, 0.6) is 11.5 Å². The number of hydrogen-bond donors (Lipinski definition) is 1. The normalized spacial score (nSPS) is 20.2. The second-order valence-electron chi connectivity index (χ2n) is 5.08. The summed E-state index contributed by atoms with van der Waals surface area (Å²) in [6, 6.07) is 8.44. The van der Waals surface area contributed by atoms with Crippen LogP contribution in [0.15, 0.2) is 41.9 Å². The molecule has 0 saturated heterocycles. The van der Waals surface area contributed by atoms with Gasteiger partial charge in [-0.2, -0.15) is 0 Å². The van der Waals surface area contributed by atoms with E-state index in [2.05, 4.69) is 35.5 Å². The van der Waals surface area contributed by atoms with Crippen molar-refractivity contribution in [2.24, 2.45) is 0 Å². The topological polar surface area (TPSA) is 30.5 Å². The van der Waals surface area contributed by atoms with Crippen LogP contribution in [0, 0.1) is 0 Å². The van der Waals surface area contributed by atoms with Crippen molar-refractivity contribution in [1.82, 2.24) is 0 Å². The van der Waals surface area contributed by atoms with Gasteiger partial charge in [-0.3, -0.25) is 0 Å². The Hall–Kier alpha value is -1.94. The highest BCUT2D eigenvalue weighted by Crippen LogP contribution is 2.46. The first-order valence-electron chi connectivity index (χ1n) is 6.73. The second-order valence-corrected chi connectivity index (χ2v) is 6.06. The molecule has 4 rings (SSSR count). The minimum absolute atomic E-state index is 0.356. The smallest absolute Gasteiger partial charge is 0.163 e. The molecule has 0 spiro atoms. The van der Waals surface area contributed by atoms with Crippen molar-refractivity contribution in [2.45, 2.75) is 12.3 Å². The number of nitrogens with one attached hydrogen (secondary N) is 1. The van der Waals surface area contributed by atoms with E-state index < -0.39 is 0 Å². The van der Waals surface area contributed by atoms with Crippen LogP contribution in [0.25, 0.3) is 0 Å². The third-order valence-electron chi connectivity index (χ3n) is 3.74. The Labute approximate surface area is 121 Å². The molecule has 1 aromatic carbocycles. The Morgan fingerprint density at radius 3 is 2.75 bits per heavy atom. The van der Waals surface area contributed by atoms with Crippen LogP contribution in [-0.4, -0.2) is 13.2 Å². The highest BCUT2D eigenvalue weighted by molar-refractivity contribution is 7.10. The molecule has 1 aromatic heterocycles. The molecule has 3 nitrogen and oxygen atoms in total. The van der Waals surface area contributed by atoms with Gasteiger partial charge >= 0.3 is 0 Å². The van der Waals surface area contributed by atoms with Gasteiger partial charge in [-0.15, -0.1) is 11.3 Å². The van der Waals surface area contributed by atoms with Crippen molar-refractivity contribution in [2.75, 3.05) is 18.5 Å². The maximum absolute atomic E-state index is 5.71. The minimum atomic E-state index is 0.356. The Bertz CT molecular complexity index is 663. The standard InChI is InChI=1S/C16H15NO2S/c1-10-7-12(16-3-2-6-20-16)11-8-14-15(9-13(11)17-10)19-5-4-18-14/h2-3,6,8-9,12,17H,1,4-5,7H2. The molecule has 2 aliphatic heterocycles. The van der Waals surface area contributed by atoms with Crippen molar-refractivity contribution in [1.29, 1.82) is 0 Å². The summed E-state index contributed by atoms with van der Waals surface area (Å²) in [4.78, 5) is 1.37. The molecule has 0 amide bonds. The number of benzene rings is 1. The van der Waals surface area contributed by atoms with E-state index in [0.717, 1.165) is 29.3 Å². The molecule has 0 radical (unpaired) electrons. The molecule has 2 aromatic rings. The summed E-state index contributed by atoms with van der Waals surface area (Å²) in [6.07, 6.45) is 0.924. The lowest BCUT2D eigenvalue weighted by atomic mass is 9.88. The number of anilines is 1. The average molecular weight is 285 g/mol. The SMILES string of the molecule is C=C1CC(c2cccs2)c2cc3c(cc2N1)OCCO3. The molecular formula is C16H15NO2S. The van der Waals surface area contributed by atoms with Gasteiger partial charge in [0, 0.05) is 28.2 Å². The first-order valence-corrected chi connectivity index (χ1v) is 7.61. The molecule has 1 atom stereocenters. The van der Waals surface area contributed by atoms with E-state index in [-0.39, 0.29) is 0 Å². The Kier molecular flexibility index (Phi) is 2.70. The lowest BCUT2D eigenvalue weighted by Crippen LogP contribution is -2.19. The summed E-state index contributed by atoms with van der Waals surface area (Å²) >= 11 is 1.79. The van der Waals surface area contributed by atoms with Gasteiger partial charge in [0.15, 0.2) is 11.5 Å². The van der Waals surface area contributed by atoms with Gasteiger partial charge < -0.3 is 14.8 Å². The second kappa shape index (κ2) is 4.56. The van der Waals surface area contributed by atoms with E-state index in [4.69, 9.17) is 9.47 Å². The van der Waals surface area contributed by atoms with E-state index >= 15 is 0 Å². The molecule has 0 fully saturated rings. The van der Waals surface area contributed by atoms with Gasteiger partial charge in [0.25, 0.3) is 0 Å². The molecule has 0 aliphatic carbocycles. The van der Waals surface area contributed by atoms with E-state index in [1.807, 2.05) is 6.07 Å². The summed E-state index contributed by atoms with van der Waals surface area (Å²) in [5.74, 6) is 2.03. The van der Waals surface area contributed by atoms with Gasteiger partial charge in [0.05, 0.1) is 0 Å². The maximum atomic E-state index is 5.71. The van der Waals surface area contributed by atoms with E-state index in [0.29, 0.717) is 19.1 Å². The summed E-state index contributed by atoms with van der Waals surface area (Å²) < 4.78 is 11.4. The lowest BCUT2D eigenvalue weighted by Gasteiger charge is -2.30. The van der Waals surface area contributed by atoms with Crippen LogP contribution in [0.3, 0.4) is 0 Å². The zero-order valence-electron chi connectivity index (χ0n) is 11.0. The fraction of sp³-hybridized carbons (Fsp3) is 0.250. The fourth-order valence-corrected chi connectivity index (χ4v) is 3.69. The van der Waals surface area contributed by atoms with Crippen molar-refractivity contribution in [3.05, 3.63) is 52.4 Å². The van der Waals surface area contributed by atoms with E-state index in [1.54, 1.807) is 11.3 Å². The molecule has 4 heteroatoms. The number of fused-ring (bicyclic) bond motifs is 2. The van der Waals surface area contributed by atoms with Gasteiger partial charge in [-0.05, 0) is 29.5 Å². The minimum Gasteiger partial charge on any atom is -0.486 e. The Morgan fingerprint density at radius 2 is 2.00 bits per heavy atom. The monoisotopic (exact) mass is 285 g/mol. The van der Waals surface area contributed by atoms with Crippen molar-refractivity contribution in [3.63, 3.8) is 0 Å². The van der Waals surface area contributed by atoms with Crippen LogP contribution in [-0.2, 0) is 0 Å². The Morgan fingerprint density at radius 1 is 1.20 bits per heavy atom. The molecule has 0 saturated carbocycles. The first kappa shape index (κ1) is 11.9. The molecule has 1 N–H and O–H groups in total. The fourth-order valence-electron chi connectivity index (χ4n) is 2.84. The molecule has 3 heterocycles. The van der Waals surface area contributed by atoms with Crippen LogP contribution >= 0.6 is 11.3 Å². The van der Waals surface area contributed by atoms with E-state index in [9.17, 15) is 0 Å². The summed E-state index contributed by atoms with van der Waals surface area (Å²) in [5.41, 5.74) is 3.40. The summed E-state index contributed by atoms with van der Waals surface area (Å²) in [5, 5.41) is 5.50. The first-order chi connectivity index (χ1) is 9.81. The Balaban J connectivity index is 1.85. The highest BCUT2D eigenvalue weighted by Gasteiger charge is 2.27. The van der Waals surface area contributed by atoms with Crippen LogP contribution < -0.4 is 14.8 Å². The maximum Gasteiger partial charge on any atom is 0.163 e. The summed E-state index contributed by atoms with van der Waals surface area (Å²) in [7, 11) is 0. The zero-order valence-corrected chi connectivity index (χ0v) is 11.8. The predicted molar refractivity (Wildman–Crippen MR) is 81.0 cm³/mol. The third-order valence-corrected chi connectivity index (χ3v) is 4.72. The van der Waals surface area contributed by atoms with Crippen LogP contribution in [0.4, 0.5) is 5.69 Å². The van der Waals surface area contributed by atoms with E-state index in [1.165, 1.54) is 10.4 Å². The van der Waals surface area contributed by atoms with Crippen molar-refractivity contribution in [3.8, 4) is 11.5 Å². The van der Waals surface area contributed by atoms with Crippen molar-refractivity contribution >= 4 is 17.0 Å². The molecule has 2 aliphatic rings. The highest BCUT2D eigenvalue weighted by atomic mass is 32.1. The number of thiophene rings is 1. The number of ether oxygens (including phenoxy) is 2. The van der Waals surface area contributed by atoms with Gasteiger partial charge in [-0.25, -0.2) is 0 Å². The van der Waals surface area contributed by atoms with Gasteiger partial charge in [0.1, 0.15) is 13.2 Å². The lowest BCUT2D eigenvalue weighted by molar-refractivity contribution is 0.171. The van der Waals surface area contributed by atoms with Crippen LogP contribution in [0.1, 0.15) is 22.8 Å². The summed E-state index contributed by atoms with van der Waals surface area (Å²) in [6.45, 7) is 5.34. The average Bonchev–Trinajstić information content (AvgIpc) is 2.98. The van der Waals surface area contributed by atoms with Gasteiger partial charge in [0.2, 0.25) is 0 Å². The molecule has 20 heavy (non-hydrogen) atoms. The largest absolute Gasteiger partial charge is 0.486 e. The number of hydrogen-bond acceptors (Lipinski definition) is 4. The number of rotatable bonds is 1. The van der Waals surface area contributed by atoms with Gasteiger partial charge in [-0.1, -0.05) is 12.6 Å². The zero-order chi connectivity index (χ0) is 13.5. The molecular weight excluding hydrogens is 270 g/mol. The third kappa shape index (κ3) is 1.88. The molecule has 102 valence electrons. The quantitative estimate of drug-likeness (QED) is 0.859.